The van der Waals surface area contributed by atoms with E-state index in [9.17, 15) is 0 Å². The highest BCUT2D eigenvalue weighted by atomic mass is 32.2. The molecule has 18 heavy (non-hydrogen) atoms. The third kappa shape index (κ3) is 2.87. The molecule has 0 aromatic carbocycles. The van der Waals surface area contributed by atoms with Gasteiger partial charge in [0.1, 0.15) is 0 Å². The van der Waals surface area contributed by atoms with Crippen LogP contribution in [0.15, 0.2) is 15.9 Å². The van der Waals surface area contributed by atoms with Gasteiger partial charge in [-0.2, -0.15) is 0 Å². The highest BCUT2D eigenvalue weighted by molar-refractivity contribution is 8.14. The fourth-order valence-electron chi connectivity index (χ4n) is 2.28. The van der Waals surface area contributed by atoms with E-state index in [4.69, 9.17) is 0 Å². The van der Waals surface area contributed by atoms with Crippen LogP contribution in [0.25, 0.3) is 0 Å². The Morgan fingerprint density at radius 1 is 1.33 bits per heavy atom. The molecule has 1 aromatic rings. The molecule has 0 amide bonds. The summed E-state index contributed by atoms with van der Waals surface area (Å²) >= 11 is 3.60. The van der Waals surface area contributed by atoms with Crippen LogP contribution < -0.4 is 0 Å². The second-order valence-electron chi connectivity index (χ2n) is 4.79. The van der Waals surface area contributed by atoms with Crippen molar-refractivity contribution in [3.05, 3.63) is 16.6 Å². The molecule has 98 valence electrons. The molecule has 0 radical (unpaired) electrons. The van der Waals surface area contributed by atoms with Gasteiger partial charge in [0.05, 0.1) is 17.7 Å². The normalized spacial score (nSPS) is 25.5. The van der Waals surface area contributed by atoms with E-state index in [2.05, 4.69) is 32.1 Å². The number of piperazine rings is 1. The van der Waals surface area contributed by atoms with Gasteiger partial charge in [0.25, 0.3) is 0 Å². The van der Waals surface area contributed by atoms with Crippen molar-refractivity contribution in [2.75, 3.05) is 32.7 Å². The molecular weight excluding hydrogens is 264 g/mol. The smallest absolute Gasteiger partial charge is 0.159 e. The summed E-state index contributed by atoms with van der Waals surface area (Å²) in [7, 11) is 0. The third-order valence-corrected chi connectivity index (χ3v) is 5.09. The third-order valence-electron chi connectivity index (χ3n) is 3.30. The minimum Gasteiger partial charge on any atom is -0.349 e. The van der Waals surface area contributed by atoms with Gasteiger partial charge in [0, 0.05) is 43.4 Å². The lowest BCUT2D eigenvalue weighted by Gasteiger charge is -2.35. The van der Waals surface area contributed by atoms with E-state index in [0.717, 1.165) is 39.3 Å². The van der Waals surface area contributed by atoms with Crippen molar-refractivity contribution < 1.29 is 0 Å². The van der Waals surface area contributed by atoms with Gasteiger partial charge in [-0.15, -0.1) is 11.3 Å². The Kier molecular flexibility index (Phi) is 3.86. The van der Waals surface area contributed by atoms with Crippen molar-refractivity contribution in [1.29, 1.82) is 0 Å². The molecule has 0 spiro atoms. The highest BCUT2D eigenvalue weighted by Crippen LogP contribution is 2.23. The van der Waals surface area contributed by atoms with E-state index in [1.54, 1.807) is 11.3 Å². The first-order valence-electron chi connectivity index (χ1n) is 6.37. The van der Waals surface area contributed by atoms with Crippen LogP contribution in [0.5, 0.6) is 0 Å². The first kappa shape index (κ1) is 12.4. The van der Waals surface area contributed by atoms with Gasteiger partial charge < -0.3 is 4.90 Å². The molecule has 1 fully saturated rings. The number of aromatic nitrogens is 1. The molecule has 0 bridgehead atoms. The Balaban J connectivity index is 1.49. The molecule has 2 aliphatic heterocycles. The van der Waals surface area contributed by atoms with Gasteiger partial charge in [-0.3, -0.25) is 9.89 Å². The van der Waals surface area contributed by atoms with Gasteiger partial charge in [-0.1, -0.05) is 18.7 Å². The molecule has 1 atom stereocenters. The van der Waals surface area contributed by atoms with E-state index in [-0.39, 0.29) is 0 Å². The minimum absolute atomic E-state index is 0.660. The lowest BCUT2D eigenvalue weighted by Crippen LogP contribution is -2.47. The highest BCUT2D eigenvalue weighted by Gasteiger charge is 2.24. The minimum atomic E-state index is 0.660. The Morgan fingerprint density at radius 2 is 2.17 bits per heavy atom. The first-order valence-corrected chi connectivity index (χ1v) is 8.19. The van der Waals surface area contributed by atoms with Gasteiger partial charge in [-0.05, 0) is 0 Å². The second kappa shape index (κ2) is 5.59. The number of thiazole rings is 1. The van der Waals surface area contributed by atoms with Crippen molar-refractivity contribution in [3.63, 3.8) is 0 Å². The van der Waals surface area contributed by atoms with Gasteiger partial charge in [0.15, 0.2) is 5.17 Å². The van der Waals surface area contributed by atoms with Gasteiger partial charge >= 0.3 is 0 Å². The summed E-state index contributed by atoms with van der Waals surface area (Å²) in [6, 6.07) is 0. The van der Waals surface area contributed by atoms with Crippen LogP contribution >= 0.6 is 23.1 Å². The number of hydrogen-bond donors (Lipinski definition) is 0. The zero-order valence-electron chi connectivity index (χ0n) is 10.6. The maximum Gasteiger partial charge on any atom is 0.159 e. The topological polar surface area (TPSA) is 31.7 Å². The standard InChI is InChI=1S/C12H18N4S2/c1-10-6-13-12(18-10)16-4-2-15(3-5-16)7-11-8-17-9-14-11/h8-10H,2-7H2,1H3/t10-/m1/s1. The fourth-order valence-corrected chi connectivity index (χ4v) is 3.82. The average Bonchev–Trinajstić information content (AvgIpc) is 3.02. The summed E-state index contributed by atoms with van der Waals surface area (Å²) in [5, 5.41) is 4.06. The van der Waals surface area contributed by atoms with Crippen molar-refractivity contribution in [3.8, 4) is 0 Å². The summed E-state index contributed by atoms with van der Waals surface area (Å²) in [6.07, 6.45) is 0. The summed E-state index contributed by atoms with van der Waals surface area (Å²) < 4.78 is 0. The van der Waals surface area contributed by atoms with Crippen LogP contribution in [-0.2, 0) is 6.54 Å². The number of aliphatic imine (C=N–C) groups is 1. The second-order valence-corrected chi connectivity index (χ2v) is 6.92. The molecule has 0 unspecified atom stereocenters. The quantitative estimate of drug-likeness (QED) is 0.827. The summed E-state index contributed by atoms with van der Waals surface area (Å²) in [4.78, 5) is 13.9. The van der Waals surface area contributed by atoms with E-state index in [0.29, 0.717) is 5.25 Å². The number of hydrogen-bond acceptors (Lipinski definition) is 6. The maximum absolute atomic E-state index is 4.62. The summed E-state index contributed by atoms with van der Waals surface area (Å²) in [5.74, 6) is 0. The number of rotatable bonds is 2. The van der Waals surface area contributed by atoms with Gasteiger partial charge in [-0.25, -0.2) is 4.98 Å². The molecule has 0 saturated carbocycles. The zero-order chi connectivity index (χ0) is 12.4. The van der Waals surface area contributed by atoms with Crippen molar-refractivity contribution >= 4 is 28.3 Å². The Morgan fingerprint density at radius 3 is 2.78 bits per heavy atom. The molecule has 0 N–H and O–H groups in total. The molecule has 3 rings (SSSR count). The Labute approximate surface area is 116 Å². The predicted octanol–water partition coefficient (Wildman–Crippen LogP) is 1.75. The van der Waals surface area contributed by atoms with Crippen LogP contribution in [0.4, 0.5) is 0 Å². The van der Waals surface area contributed by atoms with E-state index in [1.807, 2.05) is 17.3 Å². The number of amidine groups is 1. The average molecular weight is 282 g/mol. The van der Waals surface area contributed by atoms with Crippen molar-refractivity contribution in [2.24, 2.45) is 4.99 Å². The summed E-state index contributed by atoms with van der Waals surface area (Å²) in [6.45, 7) is 8.66. The predicted molar refractivity (Wildman–Crippen MR) is 78.3 cm³/mol. The van der Waals surface area contributed by atoms with Crippen LogP contribution in [0.2, 0.25) is 0 Å². The Hall–Kier alpha value is -0.590. The maximum atomic E-state index is 4.62. The van der Waals surface area contributed by atoms with Crippen LogP contribution in [0, 0.1) is 0 Å². The van der Waals surface area contributed by atoms with E-state index >= 15 is 0 Å². The summed E-state index contributed by atoms with van der Waals surface area (Å²) in [5.41, 5.74) is 3.12. The van der Waals surface area contributed by atoms with Crippen molar-refractivity contribution in [2.45, 2.75) is 18.7 Å². The lowest BCUT2D eigenvalue weighted by molar-refractivity contribution is 0.176. The molecule has 3 heterocycles. The lowest BCUT2D eigenvalue weighted by atomic mass is 10.3. The number of thioether (sulfide) groups is 1. The molecule has 6 heteroatoms. The molecule has 4 nitrogen and oxygen atoms in total. The SMILES string of the molecule is C[C@@H]1CN=C(N2CCN(Cc3cscn3)CC2)S1. The largest absolute Gasteiger partial charge is 0.349 e. The molecule has 0 aliphatic carbocycles. The van der Waals surface area contributed by atoms with E-state index in [1.165, 1.54) is 10.9 Å². The molecule has 1 saturated heterocycles. The van der Waals surface area contributed by atoms with E-state index < -0.39 is 0 Å². The van der Waals surface area contributed by atoms with Crippen molar-refractivity contribution in [1.82, 2.24) is 14.8 Å². The zero-order valence-corrected chi connectivity index (χ0v) is 12.2. The molecule has 1 aromatic heterocycles. The molecule has 2 aliphatic rings. The monoisotopic (exact) mass is 282 g/mol. The number of nitrogens with zero attached hydrogens (tertiary/aromatic N) is 4. The van der Waals surface area contributed by atoms with Gasteiger partial charge in [0.2, 0.25) is 0 Å². The molecular formula is C12H18N4S2. The first-order chi connectivity index (χ1) is 8.81. The van der Waals surface area contributed by atoms with Crippen LogP contribution in [0.3, 0.4) is 0 Å². The van der Waals surface area contributed by atoms with Crippen LogP contribution in [0.1, 0.15) is 12.6 Å². The fraction of sp³-hybridized carbons (Fsp3) is 0.667. The Bertz CT molecular complexity index is 410. The van der Waals surface area contributed by atoms with Crippen LogP contribution in [-0.4, -0.2) is 57.9 Å².